The van der Waals surface area contributed by atoms with Crippen LogP contribution in [0.4, 0.5) is 4.39 Å². The molecule has 4 rings (SSSR count). The number of nitrogens with zero attached hydrogens (tertiary/aromatic N) is 1. The average molecular weight is 374 g/mol. The van der Waals surface area contributed by atoms with E-state index >= 15 is 0 Å². The standard InChI is InChI=1S/C21H21ClFNO2/c22-17-7-5-16(6-8-17)21-11-13-24(14-20(21)26-21)12-1-2-19(25)15-3-9-18(23)10-4-15/h3-10,20H,1-2,11-14H2. The number of carbonyl (C=O) groups is 1. The molecule has 2 saturated heterocycles. The molecule has 0 bridgehead atoms. The number of Topliss-reactive ketones (excluding diaryl/α,β-unsaturated/α-hetero) is 1. The van der Waals surface area contributed by atoms with Gasteiger partial charge in [-0.2, -0.15) is 0 Å². The number of ether oxygens (including phenoxy) is 1. The first-order chi connectivity index (χ1) is 12.6. The number of fused-ring (bicyclic) bond motifs is 1. The van der Waals surface area contributed by atoms with Crippen LogP contribution >= 0.6 is 11.6 Å². The Morgan fingerprint density at radius 2 is 1.92 bits per heavy atom. The molecule has 0 saturated carbocycles. The summed E-state index contributed by atoms with van der Waals surface area (Å²) < 4.78 is 19.0. The molecule has 3 nitrogen and oxygen atoms in total. The van der Waals surface area contributed by atoms with Gasteiger partial charge in [-0.1, -0.05) is 23.7 Å². The Bertz CT molecular complexity index is 793. The van der Waals surface area contributed by atoms with Gasteiger partial charge in [-0.05, 0) is 61.3 Å². The molecular formula is C21H21ClFNO2. The highest BCUT2D eigenvalue weighted by atomic mass is 35.5. The topological polar surface area (TPSA) is 32.8 Å². The first-order valence-electron chi connectivity index (χ1n) is 9.02. The molecule has 2 aromatic rings. The minimum absolute atomic E-state index is 0.0696. The summed E-state index contributed by atoms with van der Waals surface area (Å²) in [6.07, 6.45) is 2.48. The number of likely N-dealkylation sites (tertiary alicyclic amines) is 1. The van der Waals surface area contributed by atoms with Crippen molar-refractivity contribution in [2.75, 3.05) is 19.6 Å². The van der Waals surface area contributed by atoms with Gasteiger partial charge in [0.15, 0.2) is 5.78 Å². The van der Waals surface area contributed by atoms with Gasteiger partial charge in [-0.3, -0.25) is 4.79 Å². The van der Waals surface area contributed by atoms with Gasteiger partial charge >= 0.3 is 0 Å². The molecule has 0 spiro atoms. The van der Waals surface area contributed by atoms with Gasteiger partial charge in [0.1, 0.15) is 17.5 Å². The number of piperidine rings is 1. The predicted octanol–water partition coefficient (Wildman–Crippen LogP) is 4.44. The molecule has 2 fully saturated rings. The third-order valence-electron chi connectivity index (χ3n) is 5.42. The second-order valence-electron chi connectivity index (χ2n) is 7.09. The van der Waals surface area contributed by atoms with E-state index in [9.17, 15) is 9.18 Å². The van der Waals surface area contributed by atoms with E-state index in [0.29, 0.717) is 12.0 Å². The van der Waals surface area contributed by atoms with Gasteiger partial charge in [0.2, 0.25) is 0 Å². The highest BCUT2D eigenvalue weighted by Gasteiger charge is 2.59. The highest BCUT2D eigenvalue weighted by molar-refractivity contribution is 6.30. The fourth-order valence-corrected chi connectivity index (χ4v) is 3.98. The molecule has 0 radical (unpaired) electrons. The van der Waals surface area contributed by atoms with Crippen LogP contribution in [0.1, 0.15) is 35.2 Å². The second-order valence-corrected chi connectivity index (χ2v) is 7.52. The summed E-state index contributed by atoms with van der Waals surface area (Å²) in [5.41, 5.74) is 1.65. The Morgan fingerprint density at radius 1 is 1.19 bits per heavy atom. The van der Waals surface area contributed by atoms with Crippen LogP contribution in [0, 0.1) is 5.82 Å². The van der Waals surface area contributed by atoms with Crippen LogP contribution in [0.3, 0.4) is 0 Å². The van der Waals surface area contributed by atoms with Crippen molar-refractivity contribution in [2.24, 2.45) is 0 Å². The zero-order chi connectivity index (χ0) is 18.1. The largest absolute Gasteiger partial charge is 0.360 e. The Morgan fingerprint density at radius 3 is 2.62 bits per heavy atom. The van der Waals surface area contributed by atoms with Crippen LogP contribution in [0.15, 0.2) is 48.5 Å². The van der Waals surface area contributed by atoms with Gasteiger partial charge in [-0.15, -0.1) is 0 Å². The first-order valence-corrected chi connectivity index (χ1v) is 9.40. The van der Waals surface area contributed by atoms with Crippen molar-refractivity contribution in [3.63, 3.8) is 0 Å². The van der Waals surface area contributed by atoms with Crippen LogP contribution in [-0.4, -0.2) is 36.4 Å². The van der Waals surface area contributed by atoms with E-state index in [1.54, 1.807) is 12.1 Å². The van der Waals surface area contributed by atoms with Gasteiger partial charge in [-0.25, -0.2) is 4.39 Å². The number of hydrogen-bond acceptors (Lipinski definition) is 3. The van der Waals surface area contributed by atoms with Crippen molar-refractivity contribution < 1.29 is 13.9 Å². The number of benzene rings is 2. The number of carbonyl (C=O) groups excluding carboxylic acids is 1. The lowest BCUT2D eigenvalue weighted by molar-refractivity contribution is 0.0973. The lowest BCUT2D eigenvalue weighted by Crippen LogP contribution is -2.39. The maximum atomic E-state index is 12.9. The SMILES string of the molecule is O=C(CCCN1CCC2(c3ccc(Cl)cc3)OC2C1)c1ccc(F)cc1. The van der Waals surface area contributed by atoms with E-state index in [4.69, 9.17) is 16.3 Å². The van der Waals surface area contributed by atoms with Crippen LogP contribution in [0.2, 0.25) is 5.02 Å². The molecule has 0 aliphatic carbocycles. The maximum Gasteiger partial charge on any atom is 0.162 e. The molecule has 26 heavy (non-hydrogen) atoms. The van der Waals surface area contributed by atoms with Crippen LogP contribution in [0.25, 0.3) is 0 Å². The summed E-state index contributed by atoms with van der Waals surface area (Å²) in [5.74, 6) is -0.247. The Kier molecular flexibility index (Phi) is 4.82. The molecule has 2 aliphatic heterocycles. The fraction of sp³-hybridized carbons (Fsp3) is 0.381. The quantitative estimate of drug-likeness (QED) is 0.554. The third-order valence-corrected chi connectivity index (χ3v) is 5.67. The molecule has 2 atom stereocenters. The maximum absolute atomic E-state index is 12.9. The average Bonchev–Trinajstić information content (AvgIpc) is 3.37. The van der Waals surface area contributed by atoms with Crippen LogP contribution < -0.4 is 0 Å². The summed E-state index contributed by atoms with van der Waals surface area (Å²) in [6, 6.07) is 13.7. The lowest BCUT2D eigenvalue weighted by atomic mass is 9.89. The van der Waals surface area contributed by atoms with E-state index in [0.717, 1.165) is 37.5 Å². The summed E-state index contributed by atoms with van der Waals surface area (Å²) in [5, 5.41) is 0.741. The number of rotatable bonds is 6. The van der Waals surface area contributed by atoms with E-state index in [-0.39, 0.29) is 23.3 Å². The normalized spacial score (nSPS) is 24.9. The van der Waals surface area contributed by atoms with Gasteiger partial charge < -0.3 is 9.64 Å². The Balaban J connectivity index is 1.25. The molecule has 2 heterocycles. The summed E-state index contributed by atoms with van der Waals surface area (Å²) in [7, 11) is 0. The van der Waals surface area contributed by atoms with Crippen molar-refractivity contribution in [3.8, 4) is 0 Å². The van der Waals surface area contributed by atoms with Crippen LogP contribution in [-0.2, 0) is 10.3 Å². The number of hydrogen-bond donors (Lipinski definition) is 0. The molecule has 2 aromatic carbocycles. The van der Waals surface area contributed by atoms with Crippen molar-refractivity contribution in [1.29, 1.82) is 0 Å². The van der Waals surface area contributed by atoms with Crippen molar-refractivity contribution in [2.45, 2.75) is 31.0 Å². The molecule has 0 amide bonds. The number of epoxide rings is 1. The molecule has 136 valence electrons. The van der Waals surface area contributed by atoms with Crippen LogP contribution in [0.5, 0.6) is 0 Å². The van der Waals surface area contributed by atoms with E-state index < -0.39 is 0 Å². The van der Waals surface area contributed by atoms with Crippen molar-refractivity contribution in [3.05, 3.63) is 70.5 Å². The molecule has 5 heteroatoms. The molecule has 2 aliphatic rings. The predicted molar refractivity (Wildman–Crippen MR) is 99.0 cm³/mol. The van der Waals surface area contributed by atoms with E-state index in [1.165, 1.54) is 17.7 Å². The minimum atomic E-state index is -0.316. The first kappa shape index (κ1) is 17.7. The van der Waals surface area contributed by atoms with Gasteiger partial charge in [0.25, 0.3) is 0 Å². The molecule has 2 unspecified atom stereocenters. The molecule has 0 aromatic heterocycles. The van der Waals surface area contributed by atoms with Crippen molar-refractivity contribution in [1.82, 2.24) is 4.90 Å². The smallest absolute Gasteiger partial charge is 0.162 e. The third kappa shape index (κ3) is 3.54. The van der Waals surface area contributed by atoms with Crippen molar-refractivity contribution >= 4 is 17.4 Å². The zero-order valence-electron chi connectivity index (χ0n) is 14.5. The monoisotopic (exact) mass is 373 g/mol. The van der Waals surface area contributed by atoms with Gasteiger partial charge in [0.05, 0.1) is 0 Å². The Labute approximate surface area is 157 Å². The number of halogens is 2. The number of ketones is 1. The van der Waals surface area contributed by atoms with E-state index in [2.05, 4.69) is 17.0 Å². The zero-order valence-corrected chi connectivity index (χ0v) is 15.2. The minimum Gasteiger partial charge on any atom is -0.360 e. The summed E-state index contributed by atoms with van der Waals surface area (Å²) >= 11 is 5.97. The molecular weight excluding hydrogens is 353 g/mol. The lowest BCUT2D eigenvalue weighted by Gasteiger charge is -2.28. The van der Waals surface area contributed by atoms with Gasteiger partial charge in [0, 0.05) is 30.1 Å². The second kappa shape index (κ2) is 7.10. The highest BCUT2D eigenvalue weighted by Crippen LogP contribution is 2.51. The Hall–Kier alpha value is -1.75. The summed E-state index contributed by atoms with van der Waals surface area (Å²) in [4.78, 5) is 14.5. The fourth-order valence-electron chi connectivity index (χ4n) is 3.85. The molecule has 0 N–H and O–H groups in total. The summed E-state index contributed by atoms with van der Waals surface area (Å²) in [6.45, 7) is 2.74. The van der Waals surface area contributed by atoms with E-state index in [1.807, 2.05) is 12.1 Å².